The summed E-state index contributed by atoms with van der Waals surface area (Å²) in [5.41, 5.74) is -0.456. The first-order valence-electron chi connectivity index (χ1n) is 4.34. The summed E-state index contributed by atoms with van der Waals surface area (Å²) in [5, 5.41) is 8.72. The van der Waals surface area contributed by atoms with Crippen LogP contribution in [0.3, 0.4) is 0 Å². The Bertz CT molecular complexity index is 390. The van der Waals surface area contributed by atoms with E-state index in [0.717, 1.165) is 0 Å². The van der Waals surface area contributed by atoms with Crippen molar-refractivity contribution in [2.45, 2.75) is 19.3 Å². The lowest BCUT2D eigenvalue weighted by Gasteiger charge is -2.11. The van der Waals surface area contributed by atoms with Crippen molar-refractivity contribution in [1.82, 2.24) is 0 Å². The predicted octanol–water partition coefficient (Wildman–Crippen LogP) is 2.68. The summed E-state index contributed by atoms with van der Waals surface area (Å²) in [4.78, 5) is 10.7. The first-order valence-corrected chi connectivity index (χ1v) is 4.34. The van der Waals surface area contributed by atoms with Gasteiger partial charge in [0.1, 0.15) is 5.82 Å². The van der Waals surface area contributed by atoms with E-state index in [1.807, 2.05) is 0 Å². The first kappa shape index (κ1) is 11.6. The molecule has 1 N–H and O–H groups in total. The van der Waals surface area contributed by atoms with Crippen LogP contribution in [0.4, 0.5) is 13.2 Å². The minimum atomic E-state index is -1.37. The maximum atomic E-state index is 13.2. The lowest BCUT2D eigenvalue weighted by Crippen LogP contribution is -2.13. The first-order chi connectivity index (χ1) is 6.97. The molecule has 0 fully saturated rings. The van der Waals surface area contributed by atoms with Crippen LogP contribution >= 0.6 is 0 Å². The predicted molar refractivity (Wildman–Crippen MR) is 47.0 cm³/mol. The molecule has 0 aliphatic heterocycles. The topological polar surface area (TPSA) is 37.3 Å². The Morgan fingerprint density at radius 1 is 1.40 bits per heavy atom. The van der Waals surface area contributed by atoms with Crippen molar-refractivity contribution in [1.29, 1.82) is 0 Å². The molecule has 1 unspecified atom stereocenters. The molecule has 1 aromatic rings. The standard InChI is InChI=1S/C10H9F3O2/c1-2-6(10(14)15)7-3-5(11)4-8(12)9(7)13/h3-4,6H,2H2,1H3,(H,14,15). The summed E-state index contributed by atoms with van der Waals surface area (Å²) in [6, 6.07) is 1.09. The third-order valence-corrected chi connectivity index (χ3v) is 2.10. The second-order valence-electron chi connectivity index (χ2n) is 3.09. The summed E-state index contributed by atoms with van der Waals surface area (Å²) in [6.45, 7) is 1.50. The highest BCUT2D eigenvalue weighted by Gasteiger charge is 2.24. The van der Waals surface area contributed by atoms with Crippen molar-refractivity contribution < 1.29 is 23.1 Å². The van der Waals surface area contributed by atoms with Gasteiger partial charge in [0.2, 0.25) is 0 Å². The van der Waals surface area contributed by atoms with E-state index in [2.05, 4.69) is 0 Å². The van der Waals surface area contributed by atoms with Crippen molar-refractivity contribution >= 4 is 5.97 Å². The van der Waals surface area contributed by atoms with Gasteiger partial charge in [0.25, 0.3) is 0 Å². The average molecular weight is 218 g/mol. The van der Waals surface area contributed by atoms with E-state index in [4.69, 9.17) is 5.11 Å². The van der Waals surface area contributed by atoms with Crippen LogP contribution < -0.4 is 0 Å². The molecule has 0 aliphatic rings. The summed E-state index contributed by atoms with van der Waals surface area (Å²) in [7, 11) is 0. The van der Waals surface area contributed by atoms with Gasteiger partial charge in [-0.15, -0.1) is 0 Å². The third-order valence-electron chi connectivity index (χ3n) is 2.10. The van der Waals surface area contributed by atoms with Crippen molar-refractivity contribution in [3.8, 4) is 0 Å². The van der Waals surface area contributed by atoms with Crippen molar-refractivity contribution in [2.75, 3.05) is 0 Å². The molecule has 2 nitrogen and oxygen atoms in total. The fourth-order valence-electron chi connectivity index (χ4n) is 1.36. The Morgan fingerprint density at radius 3 is 2.47 bits per heavy atom. The molecule has 0 saturated heterocycles. The molecule has 0 radical (unpaired) electrons. The molecule has 0 amide bonds. The molecule has 0 heterocycles. The third kappa shape index (κ3) is 2.29. The van der Waals surface area contributed by atoms with Crippen LogP contribution in [0, 0.1) is 17.5 Å². The van der Waals surface area contributed by atoms with Crippen molar-refractivity contribution in [2.24, 2.45) is 0 Å². The summed E-state index contributed by atoms with van der Waals surface area (Å²) < 4.78 is 38.7. The van der Waals surface area contributed by atoms with E-state index in [1.54, 1.807) is 0 Å². The minimum absolute atomic E-state index is 0.0646. The normalized spacial score (nSPS) is 12.5. The molecule has 5 heteroatoms. The van der Waals surface area contributed by atoms with Gasteiger partial charge >= 0.3 is 5.97 Å². The van der Waals surface area contributed by atoms with Gasteiger partial charge in [0.15, 0.2) is 11.6 Å². The minimum Gasteiger partial charge on any atom is -0.481 e. The molecule has 0 spiro atoms. The largest absolute Gasteiger partial charge is 0.481 e. The Kier molecular flexibility index (Phi) is 3.34. The van der Waals surface area contributed by atoms with Crippen LogP contribution in [0.5, 0.6) is 0 Å². The van der Waals surface area contributed by atoms with Crippen molar-refractivity contribution in [3.05, 3.63) is 35.1 Å². The van der Waals surface area contributed by atoms with E-state index in [9.17, 15) is 18.0 Å². The van der Waals surface area contributed by atoms with E-state index >= 15 is 0 Å². The second-order valence-corrected chi connectivity index (χ2v) is 3.09. The number of benzene rings is 1. The number of halogens is 3. The maximum Gasteiger partial charge on any atom is 0.311 e. The van der Waals surface area contributed by atoms with Gasteiger partial charge in [0.05, 0.1) is 5.92 Å². The maximum absolute atomic E-state index is 13.2. The Labute approximate surface area is 84.3 Å². The number of aliphatic carboxylic acids is 1. The van der Waals surface area contributed by atoms with E-state index in [-0.39, 0.29) is 6.42 Å². The monoisotopic (exact) mass is 218 g/mol. The zero-order valence-corrected chi connectivity index (χ0v) is 7.93. The lowest BCUT2D eigenvalue weighted by molar-refractivity contribution is -0.138. The molecule has 15 heavy (non-hydrogen) atoms. The molecule has 82 valence electrons. The summed E-state index contributed by atoms with van der Waals surface area (Å²) >= 11 is 0. The highest BCUT2D eigenvalue weighted by atomic mass is 19.2. The molecule has 0 aliphatic carbocycles. The number of carboxylic acids is 1. The summed E-state index contributed by atoms with van der Waals surface area (Å²) in [5.74, 6) is -6.18. The number of carbonyl (C=O) groups is 1. The van der Waals surface area contributed by atoms with E-state index in [1.165, 1.54) is 6.92 Å². The Morgan fingerprint density at radius 2 is 2.00 bits per heavy atom. The van der Waals surface area contributed by atoms with Crippen LogP contribution in [-0.2, 0) is 4.79 Å². The molecule has 0 aromatic heterocycles. The SMILES string of the molecule is CCC(C(=O)O)c1cc(F)cc(F)c1F. The molecule has 0 saturated carbocycles. The lowest BCUT2D eigenvalue weighted by atomic mass is 9.96. The highest BCUT2D eigenvalue weighted by molar-refractivity contribution is 5.76. The fourth-order valence-corrected chi connectivity index (χ4v) is 1.36. The highest BCUT2D eigenvalue weighted by Crippen LogP contribution is 2.25. The quantitative estimate of drug-likeness (QED) is 0.792. The van der Waals surface area contributed by atoms with Gasteiger partial charge in [-0.05, 0) is 12.5 Å². The van der Waals surface area contributed by atoms with Crippen LogP contribution in [0.25, 0.3) is 0 Å². The van der Waals surface area contributed by atoms with Gasteiger partial charge in [-0.3, -0.25) is 4.79 Å². The van der Waals surface area contributed by atoms with E-state index in [0.29, 0.717) is 12.1 Å². The Hall–Kier alpha value is -1.52. The van der Waals surface area contributed by atoms with Gasteiger partial charge in [-0.25, -0.2) is 13.2 Å². The van der Waals surface area contributed by atoms with Crippen LogP contribution in [0.15, 0.2) is 12.1 Å². The Balaban J connectivity index is 3.28. The number of hydrogen-bond donors (Lipinski definition) is 1. The molecule has 1 atom stereocenters. The van der Waals surface area contributed by atoms with Gasteiger partial charge in [-0.1, -0.05) is 6.92 Å². The number of rotatable bonds is 3. The molecular formula is C10H9F3O2. The van der Waals surface area contributed by atoms with Gasteiger partial charge in [-0.2, -0.15) is 0 Å². The number of hydrogen-bond acceptors (Lipinski definition) is 1. The van der Waals surface area contributed by atoms with Crippen LogP contribution in [0.1, 0.15) is 24.8 Å². The van der Waals surface area contributed by atoms with Crippen LogP contribution in [-0.4, -0.2) is 11.1 Å². The second kappa shape index (κ2) is 4.33. The van der Waals surface area contributed by atoms with Gasteiger partial charge in [0, 0.05) is 11.6 Å². The zero-order valence-electron chi connectivity index (χ0n) is 7.93. The molecular weight excluding hydrogens is 209 g/mol. The zero-order chi connectivity index (χ0) is 11.6. The van der Waals surface area contributed by atoms with Crippen LogP contribution in [0.2, 0.25) is 0 Å². The number of carboxylic acid groups (broad SMARTS) is 1. The smallest absolute Gasteiger partial charge is 0.311 e. The van der Waals surface area contributed by atoms with Crippen molar-refractivity contribution in [3.63, 3.8) is 0 Å². The average Bonchev–Trinajstić information content (AvgIpc) is 2.13. The fraction of sp³-hybridized carbons (Fsp3) is 0.300. The van der Waals surface area contributed by atoms with Gasteiger partial charge < -0.3 is 5.11 Å². The summed E-state index contributed by atoms with van der Waals surface area (Å²) in [6.07, 6.45) is 0.0646. The molecule has 0 bridgehead atoms. The molecule has 1 rings (SSSR count). The van der Waals surface area contributed by atoms with E-state index < -0.39 is 34.9 Å². The molecule has 1 aromatic carbocycles.